The molecule has 1 saturated carbocycles. The van der Waals surface area contributed by atoms with Crippen molar-refractivity contribution >= 4 is 17.6 Å². The molecule has 21 heavy (non-hydrogen) atoms. The van der Waals surface area contributed by atoms with E-state index >= 15 is 0 Å². The fourth-order valence-corrected chi connectivity index (χ4v) is 3.12. The first-order valence-electron chi connectivity index (χ1n) is 7.57. The molecule has 1 saturated heterocycles. The molecule has 1 aromatic carbocycles. The molecule has 4 nitrogen and oxygen atoms in total. The van der Waals surface area contributed by atoms with Gasteiger partial charge in [0.2, 0.25) is 0 Å². The summed E-state index contributed by atoms with van der Waals surface area (Å²) in [5.41, 5.74) is 7.48. The highest BCUT2D eigenvalue weighted by molar-refractivity contribution is 6.30. The molecule has 1 heterocycles. The summed E-state index contributed by atoms with van der Waals surface area (Å²) in [7, 11) is 0. The molecular weight excluding hydrogens is 286 g/mol. The third-order valence-corrected chi connectivity index (χ3v) is 4.59. The van der Waals surface area contributed by atoms with Crippen molar-refractivity contribution in [2.45, 2.75) is 37.8 Å². The lowest BCUT2D eigenvalue weighted by molar-refractivity contribution is 0.00512. The van der Waals surface area contributed by atoms with E-state index in [9.17, 15) is 0 Å². The van der Waals surface area contributed by atoms with Crippen molar-refractivity contribution in [2.75, 3.05) is 19.7 Å². The van der Waals surface area contributed by atoms with Crippen LogP contribution >= 0.6 is 11.6 Å². The van der Waals surface area contributed by atoms with Gasteiger partial charge in [-0.25, -0.2) is 4.99 Å². The largest absolute Gasteiger partial charge is 0.375 e. The Balaban J connectivity index is 1.53. The van der Waals surface area contributed by atoms with Gasteiger partial charge in [-0.3, -0.25) is 0 Å². The molecule has 1 aliphatic heterocycles. The van der Waals surface area contributed by atoms with Gasteiger partial charge >= 0.3 is 0 Å². The number of nitrogens with two attached hydrogens (primary N) is 1. The maximum absolute atomic E-state index is 6.13. The first-order chi connectivity index (χ1) is 10.1. The molecule has 1 aromatic rings. The Morgan fingerprint density at radius 2 is 2.05 bits per heavy atom. The molecule has 2 fully saturated rings. The van der Waals surface area contributed by atoms with Crippen LogP contribution in [0.5, 0.6) is 0 Å². The van der Waals surface area contributed by atoms with Gasteiger partial charge in [-0.05, 0) is 43.4 Å². The predicted molar refractivity (Wildman–Crippen MR) is 85.8 cm³/mol. The zero-order valence-corrected chi connectivity index (χ0v) is 13.1. The van der Waals surface area contributed by atoms with Gasteiger partial charge < -0.3 is 15.4 Å². The van der Waals surface area contributed by atoms with Gasteiger partial charge in [0.05, 0.1) is 18.8 Å². The molecule has 3 rings (SSSR count). The molecule has 5 heteroatoms. The van der Waals surface area contributed by atoms with Crippen LogP contribution in [-0.2, 0) is 4.74 Å². The lowest BCUT2D eigenvalue weighted by Gasteiger charge is -2.36. The van der Waals surface area contributed by atoms with E-state index in [2.05, 4.69) is 28.9 Å². The summed E-state index contributed by atoms with van der Waals surface area (Å²) in [6, 6.07) is 8.48. The second kappa shape index (κ2) is 6.24. The summed E-state index contributed by atoms with van der Waals surface area (Å²) < 4.78 is 5.53. The van der Waals surface area contributed by atoms with Crippen molar-refractivity contribution in [3.63, 3.8) is 0 Å². The molecule has 0 bridgehead atoms. The molecule has 0 radical (unpaired) electrons. The van der Waals surface area contributed by atoms with Crippen LogP contribution in [0.3, 0.4) is 0 Å². The number of nitrogens with zero attached hydrogens (tertiary/aromatic N) is 2. The molecule has 0 amide bonds. The lowest BCUT2D eigenvalue weighted by atomic mass is 9.76. The van der Waals surface area contributed by atoms with Gasteiger partial charge in [0.15, 0.2) is 5.96 Å². The van der Waals surface area contributed by atoms with Crippen LogP contribution in [0.25, 0.3) is 0 Å². The Bertz CT molecular complexity index is 511. The Morgan fingerprint density at radius 1 is 1.33 bits per heavy atom. The molecule has 1 atom stereocenters. The molecule has 0 aromatic heterocycles. The van der Waals surface area contributed by atoms with E-state index in [0.717, 1.165) is 37.6 Å². The zero-order valence-electron chi connectivity index (χ0n) is 12.3. The first-order valence-corrected chi connectivity index (χ1v) is 7.95. The summed E-state index contributed by atoms with van der Waals surface area (Å²) in [6.07, 6.45) is 2.38. The maximum Gasteiger partial charge on any atom is 0.191 e. The van der Waals surface area contributed by atoms with Crippen molar-refractivity contribution in [2.24, 2.45) is 10.7 Å². The first kappa shape index (κ1) is 14.7. The van der Waals surface area contributed by atoms with Gasteiger partial charge in [0.1, 0.15) is 0 Å². The number of benzene rings is 1. The second-order valence-electron chi connectivity index (χ2n) is 5.99. The molecule has 0 spiro atoms. The van der Waals surface area contributed by atoms with E-state index in [-0.39, 0.29) is 6.10 Å². The average molecular weight is 308 g/mol. The van der Waals surface area contributed by atoms with Gasteiger partial charge in [-0.15, -0.1) is 0 Å². The van der Waals surface area contributed by atoms with Crippen LogP contribution in [0, 0.1) is 0 Å². The number of ether oxygens (including phenoxy) is 1. The number of rotatable bonds is 2. The molecule has 2 aliphatic rings. The zero-order chi connectivity index (χ0) is 14.8. The summed E-state index contributed by atoms with van der Waals surface area (Å²) >= 11 is 5.92. The topological polar surface area (TPSA) is 50.8 Å². The highest BCUT2D eigenvalue weighted by atomic mass is 35.5. The molecule has 2 N–H and O–H groups in total. The fourth-order valence-electron chi connectivity index (χ4n) is 3.00. The van der Waals surface area contributed by atoms with Crippen molar-refractivity contribution in [3.05, 3.63) is 34.9 Å². The van der Waals surface area contributed by atoms with Crippen LogP contribution in [0.4, 0.5) is 0 Å². The Hall–Kier alpha value is -1.26. The maximum atomic E-state index is 6.13. The quantitative estimate of drug-likeness (QED) is 0.675. The van der Waals surface area contributed by atoms with E-state index in [1.54, 1.807) is 0 Å². The van der Waals surface area contributed by atoms with Crippen molar-refractivity contribution < 1.29 is 4.74 Å². The highest BCUT2D eigenvalue weighted by Gasteiger charge is 2.31. The minimum Gasteiger partial charge on any atom is -0.375 e. The lowest BCUT2D eigenvalue weighted by Crippen LogP contribution is -2.48. The van der Waals surface area contributed by atoms with Crippen LogP contribution in [-0.4, -0.2) is 42.7 Å². The van der Waals surface area contributed by atoms with Crippen molar-refractivity contribution in [1.29, 1.82) is 0 Å². The third kappa shape index (κ3) is 3.50. The number of hydrogen-bond acceptors (Lipinski definition) is 2. The smallest absolute Gasteiger partial charge is 0.191 e. The standard InChI is InChI=1S/C16H22ClN3O/c1-11-10-20(6-7-21-11)16(18)19-15-8-13(9-15)12-2-4-14(17)5-3-12/h2-5,11,13,15H,6-10H2,1H3,(H2,18,19). The normalized spacial score (nSPS) is 30.1. The van der Waals surface area contributed by atoms with Gasteiger partial charge in [-0.2, -0.15) is 0 Å². The van der Waals surface area contributed by atoms with E-state index in [4.69, 9.17) is 22.1 Å². The molecular formula is C16H22ClN3O. The van der Waals surface area contributed by atoms with E-state index < -0.39 is 0 Å². The van der Waals surface area contributed by atoms with Crippen LogP contribution in [0.1, 0.15) is 31.2 Å². The Morgan fingerprint density at radius 3 is 2.71 bits per heavy atom. The fraction of sp³-hybridized carbons (Fsp3) is 0.562. The molecule has 1 unspecified atom stereocenters. The summed E-state index contributed by atoms with van der Waals surface area (Å²) in [5.74, 6) is 1.26. The third-order valence-electron chi connectivity index (χ3n) is 4.33. The van der Waals surface area contributed by atoms with Crippen LogP contribution in [0.2, 0.25) is 5.02 Å². The number of morpholine rings is 1. The predicted octanol–water partition coefficient (Wildman–Crippen LogP) is 2.62. The Kier molecular flexibility index (Phi) is 4.36. The van der Waals surface area contributed by atoms with E-state index in [0.29, 0.717) is 17.9 Å². The Labute approximate surface area is 130 Å². The highest BCUT2D eigenvalue weighted by Crippen LogP contribution is 2.39. The summed E-state index contributed by atoms with van der Waals surface area (Å²) in [4.78, 5) is 6.80. The monoisotopic (exact) mass is 307 g/mol. The molecule has 114 valence electrons. The van der Waals surface area contributed by atoms with Gasteiger partial charge in [-0.1, -0.05) is 23.7 Å². The number of hydrogen-bond donors (Lipinski definition) is 1. The molecule has 1 aliphatic carbocycles. The minimum atomic E-state index is 0.232. The SMILES string of the molecule is CC1CN(C(N)=NC2CC(c3ccc(Cl)cc3)C2)CCO1. The number of guanidine groups is 1. The summed E-state index contributed by atoms with van der Waals surface area (Å²) in [5, 5.41) is 0.790. The average Bonchev–Trinajstić information content (AvgIpc) is 2.43. The van der Waals surface area contributed by atoms with Crippen LogP contribution < -0.4 is 5.73 Å². The van der Waals surface area contributed by atoms with Crippen molar-refractivity contribution in [3.8, 4) is 0 Å². The van der Waals surface area contributed by atoms with Gasteiger partial charge in [0, 0.05) is 18.1 Å². The number of aliphatic imine (C=N–C) groups is 1. The summed E-state index contributed by atoms with van der Waals surface area (Å²) in [6.45, 7) is 4.48. The second-order valence-corrected chi connectivity index (χ2v) is 6.42. The van der Waals surface area contributed by atoms with E-state index in [1.165, 1.54) is 5.56 Å². The van der Waals surface area contributed by atoms with Crippen LogP contribution in [0.15, 0.2) is 29.3 Å². The van der Waals surface area contributed by atoms with Crippen molar-refractivity contribution in [1.82, 2.24) is 4.90 Å². The van der Waals surface area contributed by atoms with Gasteiger partial charge in [0.25, 0.3) is 0 Å². The van der Waals surface area contributed by atoms with E-state index in [1.807, 2.05) is 12.1 Å². The minimum absolute atomic E-state index is 0.232. The number of halogens is 1.